The molecule has 0 aliphatic carbocycles. The van der Waals surface area contributed by atoms with Crippen molar-refractivity contribution in [3.8, 4) is 22.3 Å². The molecule has 54 heavy (non-hydrogen) atoms. The quantitative estimate of drug-likeness (QED) is 0.185. The van der Waals surface area contributed by atoms with Crippen molar-refractivity contribution in [2.24, 2.45) is 0 Å². The van der Waals surface area contributed by atoms with Crippen molar-refractivity contribution in [3.63, 3.8) is 0 Å². The fraction of sp³-hybridized carbons (Fsp3) is 0.102. The van der Waals surface area contributed by atoms with Gasteiger partial charge in [-0.1, -0.05) is 129 Å². The predicted molar refractivity (Wildman–Crippen MR) is 232 cm³/mol. The Bertz CT molecular complexity index is 3140. The highest BCUT2D eigenvalue weighted by Gasteiger charge is 2.33. The van der Waals surface area contributed by atoms with Crippen LogP contribution in [0.3, 0.4) is 0 Å². The number of aryl methyl sites for hydroxylation is 1. The summed E-state index contributed by atoms with van der Waals surface area (Å²) in [5.74, 6) is 0. The maximum Gasteiger partial charge on any atom is 0.197 e. The van der Waals surface area contributed by atoms with E-state index in [-0.39, 0.29) is 5.41 Å². The van der Waals surface area contributed by atoms with Crippen molar-refractivity contribution in [2.75, 3.05) is 4.90 Å². The lowest BCUT2D eigenvalue weighted by atomic mass is 9.57. The lowest BCUT2D eigenvalue weighted by molar-refractivity contribution is 0.590. The molecule has 0 saturated heterocycles. The third kappa shape index (κ3) is 4.61. The predicted octanol–water partition coefficient (Wildman–Crippen LogP) is 12.8. The zero-order valence-corrected chi connectivity index (χ0v) is 31.4. The minimum Gasteiger partial charge on any atom is -0.456 e. The molecule has 0 amide bonds. The van der Waals surface area contributed by atoms with Gasteiger partial charge in [0.15, 0.2) is 7.28 Å². The Hall–Kier alpha value is -6.04. The van der Waals surface area contributed by atoms with Crippen molar-refractivity contribution >= 4 is 99.7 Å². The number of nitrogens with one attached hydrogen (secondary N) is 1. The smallest absolute Gasteiger partial charge is 0.197 e. The van der Waals surface area contributed by atoms with Gasteiger partial charge in [-0.05, 0) is 76.5 Å². The molecule has 257 valence electrons. The van der Waals surface area contributed by atoms with E-state index in [4.69, 9.17) is 4.42 Å². The first-order valence-electron chi connectivity index (χ1n) is 18.7. The van der Waals surface area contributed by atoms with E-state index in [0.29, 0.717) is 0 Å². The fourth-order valence-electron chi connectivity index (χ4n) is 8.67. The molecule has 1 radical (unpaired) electrons. The van der Waals surface area contributed by atoms with Gasteiger partial charge in [0.05, 0.1) is 32.5 Å². The number of hydrogen-bond donors (Lipinski definition) is 1. The number of H-pyrrole nitrogens is 1. The molecule has 0 fully saturated rings. The average Bonchev–Trinajstić information content (AvgIpc) is 3.87. The molecule has 0 bridgehead atoms. The summed E-state index contributed by atoms with van der Waals surface area (Å²) in [6.45, 7) is 9.11. The SMILES string of the molecule is Cc1cc(-c2cccc3c2[nH]c2c4ccccc4sc32)c2c(c1)N(c1ccc(C(C)(C)C)cc1-c1ccccc1)c1c(ccc3oc4ccccc4c13)[B]2. The molecule has 3 aromatic heterocycles. The number of aromatic nitrogens is 1. The molecule has 1 N–H and O–H groups in total. The Balaban J connectivity index is 1.24. The van der Waals surface area contributed by atoms with Crippen molar-refractivity contribution in [1.82, 2.24) is 4.98 Å². The number of furan rings is 1. The largest absolute Gasteiger partial charge is 0.456 e. The Labute approximate surface area is 318 Å². The Morgan fingerprint density at radius 2 is 1.41 bits per heavy atom. The first-order valence-corrected chi connectivity index (χ1v) is 19.5. The summed E-state index contributed by atoms with van der Waals surface area (Å²) in [6, 6.07) is 51.0. The van der Waals surface area contributed by atoms with Crippen LogP contribution in [-0.4, -0.2) is 12.3 Å². The summed E-state index contributed by atoms with van der Waals surface area (Å²) in [7, 11) is 2.41. The number of anilines is 3. The topological polar surface area (TPSA) is 32.2 Å². The van der Waals surface area contributed by atoms with E-state index in [1.807, 2.05) is 11.3 Å². The lowest BCUT2D eigenvalue weighted by Crippen LogP contribution is -2.41. The highest BCUT2D eigenvalue weighted by Crippen LogP contribution is 2.48. The van der Waals surface area contributed by atoms with Crippen LogP contribution in [0, 0.1) is 6.92 Å². The number of nitrogens with zero attached hydrogens (tertiary/aromatic N) is 1. The van der Waals surface area contributed by atoms with Crippen LogP contribution in [0.2, 0.25) is 0 Å². The third-order valence-corrected chi connectivity index (χ3v) is 12.5. The maximum atomic E-state index is 6.54. The minimum atomic E-state index is -0.0147. The molecular weight excluding hydrogens is 675 g/mol. The van der Waals surface area contributed by atoms with Crippen molar-refractivity contribution in [2.45, 2.75) is 33.1 Å². The molecule has 4 heterocycles. The van der Waals surface area contributed by atoms with Gasteiger partial charge in [0.1, 0.15) is 11.2 Å². The van der Waals surface area contributed by atoms with Gasteiger partial charge in [0, 0.05) is 37.7 Å². The number of para-hydroxylation sites is 2. The van der Waals surface area contributed by atoms with E-state index < -0.39 is 0 Å². The first kappa shape index (κ1) is 31.5. The van der Waals surface area contributed by atoms with Gasteiger partial charge in [-0.3, -0.25) is 0 Å². The van der Waals surface area contributed by atoms with Crippen LogP contribution in [-0.2, 0) is 5.41 Å². The van der Waals surface area contributed by atoms with Crippen molar-refractivity contribution in [3.05, 3.63) is 151 Å². The van der Waals surface area contributed by atoms with Gasteiger partial charge in [-0.25, -0.2) is 0 Å². The number of hydrogen-bond acceptors (Lipinski definition) is 3. The van der Waals surface area contributed by atoms with Crippen LogP contribution in [0.5, 0.6) is 0 Å². The molecule has 11 rings (SSSR count). The summed E-state index contributed by atoms with van der Waals surface area (Å²) < 4.78 is 9.16. The number of thiophene rings is 1. The standard InChI is InChI=1S/C49H36BN2OS/c1-28-25-36(31-17-12-18-34-45(31)51-46-33-16-9-11-20-42(33)54-48(34)46)44-39(26-28)52(38-23-21-30(49(2,3)4)27-35(38)29-13-6-5-7-14-29)47-37(50-44)22-24-41-43(47)32-15-8-10-19-40(32)53-41/h5-27,51H,1-4H3. The summed E-state index contributed by atoms with van der Waals surface area (Å²) in [6.07, 6.45) is 0. The van der Waals surface area contributed by atoms with Crippen molar-refractivity contribution < 1.29 is 4.42 Å². The summed E-state index contributed by atoms with van der Waals surface area (Å²) in [5.41, 5.74) is 17.3. The zero-order valence-electron chi connectivity index (χ0n) is 30.6. The molecule has 0 saturated carbocycles. The van der Waals surface area contributed by atoms with Gasteiger partial charge in [0.2, 0.25) is 0 Å². The van der Waals surface area contributed by atoms with Crippen LogP contribution < -0.4 is 15.8 Å². The molecule has 0 spiro atoms. The molecule has 0 unspecified atom stereocenters. The van der Waals surface area contributed by atoms with Gasteiger partial charge in [-0.15, -0.1) is 11.3 Å². The van der Waals surface area contributed by atoms with Crippen LogP contribution in [0.1, 0.15) is 31.9 Å². The van der Waals surface area contributed by atoms with E-state index >= 15 is 0 Å². The van der Waals surface area contributed by atoms with Crippen LogP contribution >= 0.6 is 11.3 Å². The highest BCUT2D eigenvalue weighted by atomic mass is 32.1. The number of aromatic amines is 1. The maximum absolute atomic E-state index is 6.54. The molecule has 1 aliphatic heterocycles. The molecule has 5 heteroatoms. The van der Waals surface area contributed by atoms with Gasteiger partial charge in [0.25, 0.3) is 0 Å². The minimum absolute atomic E-state index is 0.0147. The third-order valence-electron chi connectivity index (χ3n) is 11.2. The van der Waals surface area contributed by atoms with E-state index in [9.17, 15) is 0 Å². The Kier molecular flexibility index (Phi) is 6.69. The molecule has 7 aromatic carbocycles. The monoisotopic (exact) mass is 711 g/mol. The van der Waals surface area contributed by atoms with Crippen LogP contribution in [0.15, 0.2) is 144 Å². The Morgan fingerprint density at radius 3 is 2.26 bits per heavy atom. The van der Waals surface area contributed by atoms with Gasteiger partial charge >= 0.3 is 0 Å². The van der Waals surface area contributed by atoms with E-state index in [1.165, 1.54) is 70.0 Å². The van der Waals surface area contributed by atoms with E-state index in [0.717, 1.165) is 44.5 Å². The van der Waals surface area contributed by atoms with Crippen molar-refractivity contribution in [1.29, 1.82) is 0 Å². The first-order chi connectivity index (χ1) is 26.3. The highest BCUT2D eigenvalue weighted by molar-refractivity contribution is 7.26. The van der Waals surface area contributed by atoms with E-state index in [2.05, 4.69) is 184 Å². The molecule has 0 atom stereocenters. The number of rotatable bonds is 3. The normalized spacial score (nSPS) is 12.9. The summed E-state index contributed by atoms with van der Waals surface area (Å²) >= 11 is 1.87. The molecule has 1 aliphatic rings. The summed E-state index contributed by atoms with van der Waals surface area (Å²) in [4.78, 5) is 6.45. The lowest BCUT2D eigenvalue weighted by Gasteiger charge is -2.37. The molecule has 10 aromatic rings. The fourth-order valence-corrected chi connectivity index (χ4v) is 9.86. The van der Waals surface area contributed by atoms with E-state index in [1.54, 1.807) is 0 Å². The molecule has 3 nitrogen and oxygen atoms in total. The number of fused-ring (bicyclic) bond motifs is 11. The Morgan fingerprint density at radius 1 is 0.630 bits per heavy atom. The second-order valence-corrected chi connectivity index (χ2v) is 16.8. The zero-order chi connectivity index (χ0) is 36.3. The van der Waals surface area contributed by atoms with Crippen LogP contribution in [0.25, 0.3) is 75.4 Å². The second-order valence-electron chi connectivity index (χ2n) is 15.7. The molecular formula is C49H36BN2OS. The summed E-state index contributed by atoms with van der Waals surface area (Å²) in [5, 5.41) is 4.80. The average molecular weight is 712 g/mol. The number of benzene rings is 7. The second kappa shape index (κ2) is 11.5. The van der Waals surface area contributed by atoms with Gasteiger partial charge in [-0.2, -0.15) is 0 Å². The van der Waals surface area contributed by atoms with Crippen LogP contribution in [0.4, 0.5) is 17.1 Å². The van der Waals surface area contributed by atoms with Gasteiger partial charge < -0.3 is 14.3 Å².